The number of pyridine rings is 1. The summed E-state index contributed by atoms with van der Waals surface area (Å²) in [6, 6.07) is 26.2. The Morgan fingerprint density at radius 2 is 1.61 bits per heavy atom. The van der Waals surface area contributed by atoms with Crippen molar-refractivity contribution in [3.05, 3.63) is 126 Å². The van der Waals surface area contributed by atoms with Gasteiger partial charge in [0, 0.05) is 18.1 Å². The number of rotatable bonds is 5. The number of hydrogen-bond acceptors (Lipinski definition) is 3. The van der Waals surface area contributed by atoms with Crippen molar-refractivity contribution >= 4 is 17.2 Å². The minimum Gasteiger partial charge on any atom is -0.457 e. The minimum absolute atomic E-state index is 0.217. The van der Waals surface area contributed by atoms with E-state index in [0.29, 0.717) is 17.1 Å². The van der Waals surface area contributed by atoms with Crippen LogP contribution in [-0.2, 0) is 0 Å². The number of benzene rings is 3. The molecule has 0 aliphatic heterocycles. The third kappa shape index (κ3) is 6.91. The highest BCUT2D eigenvalue weighted by Gasteiger charge is 2.13. The molecule has 4 rings (SSSR count). The minimum atomic E-state index is -0.217. The lowest BCUT2D eigenvalue weighted by Gasteiger charge is -2.12. The molecule has 0 saturated carbocycles. The van der Waals surface area contributed by atoms with Crippen LogP contribution in [0.1, 0.15) is 34.0 Å². The van der Waals surface area contributed by atoms with Crippen LogP contribution in [0, 0.1) is 13.8 Å². The van der Waals surface area contributed by atoms with E-state index in [4.69, 9.17) is 4.74 Å². The molecule has 1 N–H and O–H groups in total. The Morgan fingerprint density at radius 3 is 2.27 bits per heavy atom. The molecule has 4 nitrogen and oxygen atoms in total. The molecule has 0 unspecified atom stereocenters. The van der Waals surface area contributed by atoms with Crippen molar-refractivity contribution in [1.29, 1.82) is 0 Å². The van der Waals surface area contributed by atoms with Crippen molar-refractivity contribution in [2.45, 2.75) is 20.8 Å². The number of carbonyl (C=O) groups is 1. The highest BCUT2D eigenvalue weighted by atomic mass is 16.5. The molecule has 4 aromatic rings. The maximum atomic E-state index is 12.7. The predicted octanol–water partition coefficient (Wildman–Crippen LogP) is 7.46. The molecule has 0 saturated heterocycles. The lowest BCUT2D eigenvalue weighted by molar-refractivity contribution is 0.102. The van der Waals surface area contributed by atoms with Gasteiger partial charge < -0.3 is 10.1 Å². The zero-order valence-electron chi connectivity index (χ0n) is 19.2. The monoisotopic (exact) mass is 436 g/mol. The van der Waals surface area contributed by atoms with Gasteiger partial charge in [-0.15, -0.1) is 0 Å². The van der Waals surface area contributed by atoms with Crippen molar-refractivity contribution in [3.63, 3.8) is 0 Å². The number of nitrogens with zero attached hydrogens (tertiary/aromatic N) is 1. The maximum Gasteiger partial charge on any atom is 0.259 e. The third-order valence-corrected chi connectivity index (χ3v) is 5.02. The molecular weight excluding hydrogens is 408 g/mol. The van der Waals surface area contributed by atoms with E-state index in [-0.39, 0.29) is 5.91 Å². The van der Waals surface area contributed by atoms with Gasteiger partial charge in [0.05, 0.1) is 5.56 Å². The molecule has 0 bridgehead atoms. The summed E-state index contributed by atoms with van der Waals surface area (Å²) in [7, 11) is 0. The lowest BCUT2D eigenvalue weighted by Crippen LogP contribution is -2.13. The van der Waals surface area contributed by atoms with Crippen LogP contribution >= 0.6 is 0 Å². The number of aryl methyl sites for hydroxylation is 2. The predicted molar refractivity (Wildman–Crippen MR) is 136 cm³/mol. The molecule has 0 spiro atoms. The fourth-order valence-corrected chi connectivity index (χ4v) is 2.96. The molecule has 0 aliphatic rings. The topological polar surface area (TPSA) is 51.2 Å². The fraction of sp³-hybridized carbons (Fsp3) is 0.103. The second-order valence-electron chi connectivity index (χ2n) is 7.69. The highest BCUT2D eigenvalue weighted by molar-refractivity contribution is 6.06. The summed E-state index contributed by atoms with van der Waals surface area (Å²) in [5.41, 5.74) is 5.70. The standard InChI is InChI=1S/C22H19NO2.C7H9N/c1-16(2)17-9-8-10-18(15-17)23-22(24)20-13-6-7-14-21(20)25-19-11-4-3-5-12-19;1-6-3-4-8-5-7(6)2/h3-15H,1H2,2H3,(H,23,24);3-5H,1-2H3. The summed E-state index contributed by atoms with van der Waals surface area (Å²) in [5.74, 6) is 0.986. The Hall–Kier alpha value is -4.18. The molecule has 166 valence electrons. The number of carbonyl (C=O) groups excluding carboxylic acids is 1. The van der Waals surface area contributed by atoms with Gasteiger partial charge in [-0.25, -0.2) is 0 Å². The average Bonchev–Trinajstić information content (AvgIpc) is 2.82. The van der Waals surface area contributed by atoms with Crippen LogP contribution in [0.15, 0.2) is 104 Å². The van der Waals surface area contributed by atoms with Gasteiger partial charge in [0.1, 0.15) is 11.5 Å². The van der Waals surface area contributed by atoms with Crippen LogP contribution in [0.3, 0.4) is 0 Å². The van der Waals surface area contributed by atoms with Gasteiger partial charge in [0.25, 0.3) is 5.91 Å². The van der Waals surface area contributed by atoms with Gasteiger partial charge in [-0.3, -0.25) is 9.78 Å². The van der Waals surface area contributed by atoms with Gasteiger partial charge in [0.15, 0.2) is 0 Å². The van der Waals surface area contributed by atoms with Gasteiger partial charge >= 0.3 is 0 Å². The van der Waals surface area contributed by atoms with Gasteiger partial charge in [-0.1, -0.05) is 54.6 Å². The Bertz CT molecular complexity index is 1210. The first kappa shape index (κ1) is 23.5. The third-order valence-electron chi connectivity index (χ3n) is 5.02. The maximum absolute atomic E-state index is 12.7. The number of allylic oxidation sites excluding steroid dienone is 1. The number of para-hydroxylation sites is 2. The number of nitrogens with one attached hydrogen (secondary N) is 1. The van der Waals surface area contributed by atoms with Crippen LogP contribution in [0.4, 0.5) is 5.69 Å². The van der Waals surface area contributed by atoms with Crippen molar-refractivity contribution in [2.24, 2.45) is 0 Å². The molecule has 0 radical (unpaired) electrons. The summed E-state index contributed by atoms with van der Waals surface area (Å²) in [6.07, 6.45) is 3.68. The van der Waals surface area contributed by atoms with Crippen LogP contribution in [-0.4, -0.2) is 10.9 Å². The molecule has 4 heteroatoms. The SMILES string of the molecule is C=C(C)c1cccc(NC(=O)c2ccccc2Oc2ccccc2)c1.Cc1ccncc1C. The summed E-state index contributed by atoms with van der Waals surface area (Å²) in [6.45, 7) is 10.0. The first-order valence-corrected chi connectivity index (χ1v) is 10.7. The van der Waals surface area contributed by atoms with Crippen molar-refractivity contribution < 1.29 is 9.53 Å². The number of ether oxygens (including phenoxy) is 1. The smallest absolute Gasteiger partial charge is 0.259 e. The first-order chi connectivity index (χ1) is 15.9. The van der Waals surface area contributed by atoms with Gasteiger partial charge in [0.2, 0.25) is 0 Å². The molecule has 33 heavy (non-hydrogen) atoms. The molecule has 0 fully saturated rings. The summed E-state index contributed by atoms with van der Waals surface area (Å²) < 4.78 is 5.86. The van der Waals surface area contributed by atoms with Crippen LogP contribution in [0.25, 0.3) is 5.57 Å². The molecular formula is C29H28N2O2. The van der Waals surface area contributed by atoms with Crippen LogP contribution < -0.4 is 10.1 Å². The summed E-state index contributed by atoms with van der Waals surface area (Å²) in [5, 5.41) is 2.92. The van der Waals surface area contributed by atoms with Crippen molar-refractivity contribution in [2.75, 3.05) is 5.32 Å². The Morgan fingerprint density at radius 1 is 0.879 bits per heavy atom. The zero-order valence-corrected chi connectivity index (χ0v) is 19.2. The summed E-state index contributed by atoms with van der Waals surface area (Å²) >= 11 is 0. The quantitative estimate of drug-likeness (QED) is 0.353. The van der Waals surface area contributed by atoms with Crippen LogP contribution in [0.5, 0.6) is 11.5 Å². The fourth-order valence-electron chi connectivity index (χ4n) is 2.96. The average molecular weight is 437 g/mol. The van der Waals surface area contributed by atoms with E-state index in [9.17, 15) is 4.79 Å². The highest BCUT2D eigenvalue weighted by Crippen LogP contribution is 2.26. The number of aromatic nitrogens is 1. The number of amides is 1. The first-order valence-electron chi connectivity index (χ1n) is 10.7. The Balaban J connectivity index is 0.000000323. The number of anilines is 1. The van der Waals surface area contributed by atoms with E-state index in [0.717, 1.165) is 16.8 Å². The van der Waals surface area contributed by atoms with E-state index in [1.165, 1.54) is 11.1 Å². The molecule has 1 amide bonds. The number of hydrogen-bond donors (Lipinski definition) is 1. The zero-order chi connectivity index (χ0) is 23.6. The molecule has 3 aromatic carbocycles. The Labute approximate surface area is 195 Å². The van der Waals surface area contributed by atoms with E-state index in [2.05, 4.69) is 30.7 Å². The molecule has 0 aliphatic carbocycles. The molecule has 1 heterocycles. The van der Waals surface area contributed by atoms with E-state index in [1.54, 1.807) is 12.1 Å². The summed E-state index contributed by atoms with van der Waals surface area (Å²) in [4.78, 5) is 16.6. The van der Waals surface area contributed by atoms with E-state index in [1.807, 2.05) is 92.1 Å². The second kappa shape index (κ2) is 11.4. The largest absolute Gasteiger partial charge is 0.457 e. The van der Waals surface area contributed by atoms with E-state index >= 15 is 0 Å². The lowest BCUT2D eigenvalue weighted by atomic mass is 10.1. The second-order valence-corrected chi connectivity index (χ2v) is 7.69. The van der Waals surface area contributed by atoms with E-state index < -0.39 is 0 Å². The van der Waals surface area contributed by atoms with Gasteiger partial charge in [-0.05, 0) is 79.9 Å². The van der Waals surface area contributed by atoms with Crippen molar-refractivity contribution in [1.82, 2.24) is 4.98 Å². The normalized spacial score (nSPS) is 9.91. The van der Waals surface area contributed by atoms with Crippen molar-refractivity contribution in [3.8, 4) is 11.5 Å². The Kier molecular flexibility index (Phi) is 8.14. The van der Waals surface area contributed by atoms with Gasteiger partial charge in [-0.2, -0.15) is 0 Å². The van der Waals surface area contributed by atoms with Crippen LogP contribution in [0.2, 0.25) is 0 Å². The molecule has 1 aromatic heterocycles. The molecule has 0 atom stereocenters.